The van der Waals surface area contributed by atoms with Crippen LogP contribution < -0.4 is 19.7 Å². The van der Waals surface area contributed by atoms with Gasteiger partial charge in [0.25, 0.3) is 11.8 Å². The molecule has 0 saturated carbocycles. The molecule has 10 nitrogen and oxygen atoms in total. The number of thioether (sulfide) groups is 1. The Morgan fingerprint density at radius 2 is 1.69 bits per heavy atom. The number of methoxy groups -OCH3 is 2. The molecule has 0 spiro atoms. The monoisotopic (exact) mass is 548 g/mol. The number of carbonyl (C=O) groups excluding carboxylic acids is 3. The number of nitrogens with zero attached hydrogens (tertiary/aromatic N) is 3. The van der Waals surface area contributed by atoms with E-state index in [1.807, 2.05) is 26.8 Å². The van der Waals surface area contributed by atoms with E-state index in [4.69, 9.17) is 14.2 Å². The molecule has 1 aliphatic heterocycles. The molecule has 39 heavy (non-hydrogen) atoms. The number of benzene rings is 2. The summed E-state index contributed by atoms with van der Waals surface area (Å²) >= 11 is 0.968. The molecule has 0 radical (unpaired) electrons. The second kappa shape index (κ2) is 12.0. The SMILES string of the molecule is CCCOC(=O)c1ccccc1N1C(=O)C(Nc2ccc(OC)cc2OC)=C(Sc2nc(C)cc(C)n2)C1=O. The van der Waals surface area contributed by atoms with Gasteiger partial charge in [-0.25, -0.2) is 19.7 Å². The number of anilines is 2. The molecule has 0 aliphatic carbocycles. The van der Waals surface area contributed by atoms with E-state index in [0.717, 1.165) is 28.0 Å². The van der Waals surface area contributed by atoms with Crippen molar-refractivity contribution < 1.29 is 28.6 Å². The smallest absolute Gasteiger partial charge is 0.340 e. The molecule has 0 saturated heterocycles. The largest absolute Gasteiger partial charge is 0.497 e. The van der Waals surface area contributed by atoms with Crippen LogP contribution in [0.5, 0.6) is 11.5 Å². The molecule has 0 atom stereocenters. The number of hydrogen-bond donors (Lipinski definition) is 1. The molecule has 0 fully saturated rings. The van der Waals surface area contributed by atoms with Crippen LogP contribution in [-0.2, 0) is 14.3 Å². The molecule has 3 aromatic rings. The second-order valence-electron chi connectivity index (χ2n) is 8.53. The third-order valence-corrected chi connectivity index (χ3v) is 6.61. The summed E-state index contributed by atoms with van der Waals surface area (Å²) in [6.45, 7) is 5.73. The van der Waals surface area contributed by atoms with E-state index < -0.39 is 17.8 Å². The fraction of sp³-hybridized carbons (Fsp3) is 0.250. The second-order valence-corrected chi connectivity index (χ2v) is 9.51. The van der Waals surface area contributed by atoms with Crippen molar-refractivity contribution in [1.82, 2.24) is 9.97 Å². The summed E-state index contributed by atoms with van der Waals surface area (Å²) in [5, 5.41) is 3.38. The minimum Gasteiger partial charge on any atom is -0.497 e. The number of rotatable bonds is 10. The Balaban J connectivity index is 1.80. The first-order valence-corrected chi connectivity index (χ1v) is 13.0. The molecule has 1 aliphatic rings. The van der Waals surface area contributed by atoms with Crippen LogP contribution in [0.2, 0.25) is 0 Å². The van der Waals surface area contributed by atoms with E-state index in [0.29, 0.717) is 28.8 Å². The predicted octanol–water partition coefficient (Wildman–Crippen LogP) is 4.67. The Morgan fingerprint density at radius 3 is 2.36 bits per heavy atom. The highest BCUT2D eigenvalue weighted by Crippen LogP contribution is 2.39. The standard InChI is InChI=1S/C28H28N4O6S/c1-6-13-38-27(35)19-9-7-8-10-21(19)32-25(33)23(31-20-12-11-18(36-4)15-22(20)37-5)24(26(32)34)39-28-29-16(2)14-17(3)30-28/h7-12,14-15,31H,6,13H2,1-5H3. The summed E-state index contributed by atoms with van der Waals surface area (Å²) < 4.78 is 16.0. The molecular formula is C28H28N4O6S. The number of nitrogens with one attached hydrogen (secondary N) is 1. The van der Waals surface area contributed by atoms with E-state index in [-0.39, 0.29) is 28.5 Å². The predicted molar refractivity (Wildman–Crippen MR) is 147 cm³/mol. The first-order valence-electron chi connectivity index (χ1n) is 12.2. The Morgan fingerprint density at radius 1 is 0.974 bits per heavy atom. The number of imide groups is 1. The first-order chi connectivity index (χ1) is 18.8. The highest BCUT2D eigenvalue weighted by molar-refractivity contribution is 8.04. The van der Waals surface area contributed by atoms with E-state index in [1.165, 1.54) is 26.4 Å². The average molecular weight is 549 g/mol. The number of ether oxygens (including phenoxy) is 3. The maximum Gasteiger partial charge on any atom is 0.340 e. The van der Waals surface area contributed by atoms with Crippen molar-refractivity contribution in [1.29, 1.82) is 0 Å². The van der Waals surface area contributed by atoms with E-state index in [9.17, 15) is 14.4 Å². The zero-order valence-corrected chi connectivity index (χ0v) is 23.0. The zero-order valence-electron chi connectivity index (χ0n) is 22.2. The Labute approximate surface area is 230 Å². The Bertz CT molecular complexity index is 1450. The lowest BCUT2D eigenvalue weighted by Gasteiger charge is -2.18. The van der Waals surface area contributed by atoms with Gasteiger partial charge in [0.15, 0.2) is 5.16 Å². The number of amides is 2. The summed E-state index contributed by atoms with van der Waals surface area (Å²) in [5.74, 6) is -0.951. The van der Waals surface area contributed by atoms with Crippen LogP contribution in [0.25, 0.3) is 0 Å². The van der Waals surface area contributed by atoms with E-state index in [1.54, 1.807) is 30.3 Å². The molecule has 1 aromatic heterocycles. The van der Waals surface area contributed by atoms with Gasteiger partial charge in [0.1, 0.15) is 22.1 Å². The lowest BCUT2D eigenvalue weighted by Crippen LogP contribution is -2.33. The van der Waals surface area contributed by atoms with Gasteiger partial charge < -0.3 is 19.5 Å². The number of hydrogen-bond acceptors (Lipinski definition) is 10. The number of esters is 1. The molecular weight excluding hydrogens is 520 g/mol. The minimum atomic E-state index is -0.652. The summed E-state index contributed by atoms with van der Waals surface area (Å²) in [4.78, 5) is 50.4. The van der Waals surface area contributed by atoms with Crippen LogP contribution in [0.4, 0.5) is 11.4 Å². The number of aromatic nitrogens is 2. The molecule has 2 aromatic carbocycles. The molecule has 0 bridgehead atoms. The van der Waals surface area contributed by atoms with Gasteiger partial charge >= 0.3 is 5.97 Å². The van der Waals surface area contributed by atoms with Crippen molar-refractivity contribution >= 4 is 40.9 Å². The quantitative estimate of drug-likeness (QED) is 0.217. The van der Waals surface area contributed by atoms with Crippen molar-refractivity contribution in [2.75, 3.05) is 31.0 Å². The van der Waals surface area contributed by atoms with Gasteiger partial charge in [0, 0.05) is 17.5 Å². The number of aryl methyl sites for hydroxylation is 2. The molecule has 0 unspecified atom stereocenters. The Hall–Kier alpha value is -4.38. The lowest BCUT2D eigenvalue weighted by atomic mass is 10.1. The molecule has 2 amide bonds. The van der Waals surface area contributed by atoms with Gasteiger partial charge in [-0.3, -0.25) is 9.59 Å². The van der Waals surface area contributed by atoms with Gasteiger partial charge in [-0.1, -0.05) is 19.1 Å². The van der Waals surface area contributed by atoms with E-state index >= 15 is 0 Å². The number of para-hydroxylation sites is 1. The third-order valence-electron chi connectivity index (χ3n) is 5.67. The summed E-state index contributed by atoms with van der Waals surface area (Å²) in [6, 6.07) is 13.2. The van der Waals surface area contributed by atoms with Crippen LogP contribution in [0, 0.1) is 13.8 Å². The first kappa shape index (κ1) is 27.6. The van der Waals surface area contributed by atoms with Crippen molar-refractivity contribution in [3.05, 3.63) is 76.1 Å². The van der Waals surface area contributed by atoms with Gasteiger partial charge in [-0.15, -0.1) is 0 Å². The van der Waals surface area contributed by atoms with Crippen LogP contribution in [0.3, 0.4) is 0 Å². The summed E-state index contributed by atoms with van der Waals surface area (Å²) in [6.07, 6.45) is 0.630. The van der Waals surface area contributed by atoms with Crippen molar-refractivity contribution in [2.24, 2.45) is 0 Å². The molecule has 202 valence electrons. The highest BCUT2D eigenvalue weighted by Gasteiger charge is 2.42. The number of carbonyl (C=O) groups is 3. The molecule has 2 heterocycles. The lowest BCUT2D eigenvalue weighted by molar-refractivity contribution is -0.120. The van der Waals surface area contributed by atoms with Gasteiger partial charge in [0.2, 0.25) is 0 Å². The van der Waals surface area contributed by atoms with Crippen molar-refractivity contribution in [3.8, 4) is 11.5 Å². The molecule has 11 heteroatoms. The van der Waals surface area contributed by atoms with Crippen molar-refractivity contribution in [3.63, 3.8) is 0 Å². The highest BCUT2D eigenvalue weighted by atomic mass is 32.2. The maximum atomic E-state index is 13.9. The maximum absolute atomic E-state index is 13.9. The van der Waals surface area contributed by atoms with Gasteiger partial charge in [-0.05, 0) is 62.4 Å². The zero-order chi connectivity index (χ0) is 28.1. The summed E-state index contributed by atoms with van der Waals surface area (Å²) in [5.41, 5.74) is 2.08. The van der Waals surface area contributed by atoms with Gasteiger partial charge in [-0.2, -0.15) is 0 Å². The normalized spacial score (nSPS) is 13.1. The fourth-order valence-electron chi connectivity index (χ4n) is 3.91. The van der Waals surface area contributed by atoms with E-state index in [2.05, 4.69) is 15.3 Å². The molecule has 4 rings (SSSR count). The minimum absolute atomic E-state index is 0.00652. The Kier molecular flexibility index (Phi) is 8.50. The van der Waals surface area contributed by atoms with Crippen molar-refractivity contribution in [2.45, 2.75) is 32.3 Å². The van der Waals surface area contributed by atoms with Gasteiger partial charge in [0.05, 0.1) is 37.8 Å². The molecule has 1 N–H and O–H groups in total. The summed E-state index contributed by atoms with van der Waals surface area (Å²) in [7, 11) is 3.02. The topological polar surface area (TPSA) is 120 Å². The van der Waals surface area contributed by atoms with Crippen LogP contribution in [-0.4, -0.2) is 48.6 Å². The average Bonchev–Trinajstić information content (AvgIpc) is 3.15. The third kappa shape index (κ3) is 5.88. The van der Waals surface area contributed by atoms with Crippen LogP contribution in [0.1, 0.15) is 35.1 Å². The van der Waals surface area contributed by atoms with Crippen LogP contribution in [0.15, 0.2) is 64.3 Å². The van der Waals surface area contributed by atoms with Crippen LogP contribution >= 0.6 is 11.8 Å². The fourth-order valence-corrected chi connectivity index (χ4v) is 4.89.